The molecule has 5 nitrogen and oxygen atoms in total. The monoisotopic (exact) mass is 372 g/mol. The van der Waals surface area contributed by atoms with Crippen molar-refractivity contribution < 1.29 is 14.5 Å². The Morgan fingerprint density at radius 3 is 2.62 bits per heavy atom. The Bertz CT molecular complexity index is 737. The van der Waals surface area contributed by atoms with E-state index in [9.17, 15) is 9.59 Å². The lowest BCUT2D eigenvalue weighted by Gasteiger charge is -2.32. The Kier molecular flexibility index (Phi) is 6.41. The number of para-hydroxylation sites is 1. The van der Waals surface area contributed by atoms with Crippen LogP contribution in [0.4, 0.5) is 5.69 Å². The normalized spacial score (nSPS) is 15.0. The van der Waals surface area contributed by atoms with Gasteiger partial charge >= 0.3 is 0 Å². The van der Waals surface area contributed by atoms with Gasteiger partial charge in [-0.3, -0.25) is 9.59 Å². The number of hydrogen-bond acceptors (Lipinski definition) is 3. The third-order valence-electron chi connectivity index (χ3n) is 4.81. The maximum atomic E-state index is 12.4. The van der Waals surface area contributed by atoms with Gasteiger partial charge in [-0.25, -0.2) is 0 Å². The number of aryl methyl sites for hydroxylation is 1. The average Bonchev–Trinajstić information content (AvgIpc) is 3.15. The van der Waals surface area contributed by atoms with Gasteiger partial charge < -0.3 is 15.1 Å². The van der Waals surface area contributed by atoms with E-state index in [2.05, 4.69) is 12.2 Å². The molecule has 0 atom stereocenters. The standard InChI is InChI=1S/C20H25N3O2S/c1-2-16-6-3-4-8-18(16)21-19(24)15-22-9-11-23(12-10-22)20(25)14-17-7-5-13-26-17/h3-8,13H,2,9-12,14-15H2,1H3,(H,21,24)/p+1. The Morgan fingerprint density at radius 2 is 1.92 bits per heavy atom. The molecule has 1 saturated heterocycles. The van der Waals surface area contributed by atoms with E-state index in [1.165, 1.54) is 4.90 Å². The van der Waals surface area contributed by atoms with Crippen molar-refractivity contribution in [3.05, 3.63) is 52.2 Å². The molecule has 2 amide bonds. The number of amides is 2. The summed E-state index contributed by atoms with van der Waals surface area (Å²) >= 11 is 1.62. The van der Waals surface area contributed by atoms with Crippen LogP contribution in [0.5, 0.6) is 0 Å². The number of hydrogen-bond donors (Lipinski definition) is 2. The SMILES string of the molecule is CCc1ccccc1NC(=O)C[NH+]1CCN(C(=O)Cc2cccs2)CC1. The first kappa shape index (κ1) is 18.6. The van der Waals surface area contributed by atoms with Crippen molar-refractivity contribution in [2.75, 3.05) is 38.0 Å². The number of carbonyl (C=O) groups excluding carboxylic acids is 2. The molecule has 0 saturated carbocycles. The molecule has 6 heteroatoms. The summed E-state index contributed by atoms with van der Waals surface area (Å²) < 4.78 is 0. The summed E-state index contributed by atoms with van der Waals surface area (Å²) in [6.07, 6.45) is 1.38. The van der Waals surface area contributed by atoms with Crippen LogP contribution in [0.1, 0.15) is 17.4 Å². The second-order valence-corrected chi connectivity index (χ2v) is 7.65. The van der Waals surface area contributed by atoms with Gasteiger partial charge in [0.25, 0.3) is 5.91 Å². The highest BCUT2D eigenvalue weighted by atomic mass is 32.1. The number of quaternary nitrogens is 1. The van der Waals surface area contributed by atoms with Crippen molar-refractivity contribution in [2.24, 2.45) is 0 Å². The van der Waals surface area contributed by atoms with Crippen LogP contribution in [0.2, 0.25) is 0 Å². The van der Waals surface area contributed by atoms with Crippen molar-refractivity contribution >= 4 is 28.8 Å². The maximum Gasteiger partial charge on any atom is 0.279 e. The zero-order valence-corrected chi connectivity index (χ0v) is 16.0. The van der Waals surface area contributed by atoms with Crippen LogP contribution in [0.3, 0.4) is 0 Å². The maximum absolute atomic E-state index is 12.4. The molecule has 1 aliphatic heterocycles. The number of rotatable bonds is 6. The molecule has 1 aromatic carbocycles. The third kappa shape index (κ3) is 4.93. The summed E-state index contributed by atoms with van der Waals surface area (Å²) in [5.41, 5.74) is 2.06. The van der Waals surface area contributed by atoms with E-state index in [4.69, 9.17) is 0 Å². The average molecular weight is 373 g/mol. The van der Waals surface area contributed by atoms with Gasteiger partial charge in [-0.15, -0.1) is 11.3 Å². The molecule has 0 radical (unpaired) electrons. The summed E-state index contributed by atoms with van der Waals surface area (Å²) in [5, 5.41) is 5.03. The topological polar surface area (TPSA) is 53.9 Å². The summed E-state index contributed by atoms with van der Waals surface area (Å²) in [5.74, 6) is 0.229. The van der Waals surface area contributed by atoms with Crippen LogP contribution in [0, 0.1) is 0 Å². The number of nitrogens with zero attached hydrogens (tertiary/aromatic N) is 1. The van der Waals surface area contributed by atoms with Gasteiger partial charge in [0.15, 0.2) is 6.54 Å². The summed E-state index contributed by atoms with van der Waals surface area (Å²) in [7, 11) is 0. The molecule has 1 aromatic heterocycles. The quantitative estimate of drug-likeness (QED) is 0.801. The van der Waals surface area contributed by atoms with E-state index in [-0.39, 0.29) is 11.8 Å². The lowest BCUT2D eigenvalue weighted by atomic mass is 10.1. The molecule has 3 rings (SSSR count). The van der Waals surface area contributed by atoms with Crippen LogP contribution >= 0.6 is 11.3 Å². The Hall–Kier alpha value is -2.18. The molecule has 2 N–H and O–H groups in total. The zero-order valence-electron chi connectivity index (χ0n) is 15.2. The largest absolute Gasteiger partial charge is 0.331 e. The van der Waals surface area contributed by atoms with Crippen LogP contribution in [0.25, 0.3) is 0 Å². The molecule has 2 aromatic rings. The van der Waals surface area contributed by atoms with Crippen molar-refractivity contribution in [2.45, 2.75) is 19.8 Å². The first-order valence-electron chi connectivity index (χ1n) is 9.17. The molecule has 0 spiro atoms. The minimum absolute atomic E-state index is 0.0410. The molecular weight excluding hydrogens is 346 g/mol. The second-order valence-electron chi connectivity index (χ2n) is 6.62. The fourth-order valence-corrected chi connectivity index (χ4v) is 3.99. The van der Waals surface area contributed by atoms with Crippen molar-refractivity contribution in [3.8, 4) is 0 Å². The van der Waals surface area contributed by atoms with Gasteiger partial charge in [-0.05, 0) is 29.5 Å². The van der Waals surface area contributed by atoms with Gasteiger partial charge in [-0.2, -0.15) is 0 Å². The van der Waals surface area contributed by atoms with E-state index in [1.54, 1.807) is 11.3 Å². The highest BCUT2D eigenvalue weighted by Gasteiger charge is 2.25. The molecule has 2 heterocycles. The van der Waals surface area contributed by atoms with Crippen molar-refractivity contribution in [1.82, 2.24) is 4.90 Å². The van der Waals surface area contributed by atoms with Gasteiger partial charge in [0.1, 0.15) is 0 Å². The number of thiophene rings is 1. The van der Waals surface area contributed by atoms with Gasteiger partial charge in [0.2, 0.25) is 5.91 Å². The molecule has 1 fully saturated rings. The van der Waals surface area contributed by atoms with Gasteiger partial charge in [0.05, 0.1) is 32.6 Å². The van der Waals surface area contributed by atoms with Gasteiger partial charge in [0, 0.05) is 10.6 Å². The van der Waals surface area contributed by atoms with E-state index in [0.29, 0.717) is 13.0 Å². The van der Waals surface area contributed by atoms with E-state index in [0.717, 1.165) is 48.7 Å². The fraction of sp³-hybridized carbons (Fsp3) is 0.400. The van der Waals surface area contributed by atoms with Crippen molar-refractivity contribution in [1.29, 1.82) is 0 Å². The number of carbonyl (C=O) groups is 2. The summed E-state index contributed by atoms with van der Waals surface area (Å²) in [4.78, 5) is 29.0. The first-order chi connectivity index (χ1) is 12.7. The highest BCUT2D eigenvalue weighted by Crippen LogP contribution is 2.15. The zero-order chi connectivity index (χ0) is 18.4. The number of nitrogens with one attached hydrogen (secondary N) is 2. The molecule has 0 bridgehead atoms. The Labute approximate surface area is 158 Å². The van der Waals surface area contributed by atoms with E-state index >= 15 is 0 Å². The Morgan fingerprint density at radius 1 is 1.15 bits per heavy atom. The summed E-state index contributed by atoms with van der Waals surface area (Å²) in [6.45, 7) is 5.61. The first-order valence-corrected chi connectivity index (χ1v) is 10.0. The lowest BCUT2D eigenvalue weighted by Crippen LogP contribution is -3.15. The Balaban J connectivity index is 1.44. The molecular formula is C20H26N3O2S+. The van der Waals surface area contributed by atoms with Crippen LogP contribution in [-0.4, -0.2) is 49.4 Å². The smallest absolute Gasteiger partial charge is 0.279 e. The molecule has 1 aliphatic rings. The minimum atomic E-state index is 0.0410. The van der Waals surface area contributed by atoms with Crippen LogP contribution < -0.4 is 10.2 Å². The van der Waals surface area contributed by atoms with Crippen LogP contribution in [0.15, 0.2) is 41.8 Å². The minimum Gasteiger partial charge on any atom is -0.331 e. The van der Waals surface area contributed by atoms with E-state index < -0.39 is 0 Å². The number of piperazine rings is 1. The van der Waals surface area contributed by atoms with E-state index in [1.807, 2.05) is 46.7 Å². The molecule has 26 heavy (non-hydrogen) atoms. The van der Waals surface area contributed by atoms with Crippen LogP contribution in [-0.2, 0) is 22.4 Å². The molecule has 138 valence electrons. The number of benzene rings is 1. The lowest BCUT2D eigenvalue weighted by molar-refractivity contribution is -0.895. The fourth-order valence-electron chi connectivity index (χ4n) is 3.30. The predicted octanol–water partition coefficient (Wildman–Crippen LogP) is 1.22. The highest BCUT2D eigenvalue weighted by molar-refractivity contribution is 7.10. The molecule has 0 aliphatic carbocycles. The second kappa shape index (κ2) is 8.96. The summed E-state index contributed by atoms with van der Waals surface area (Å²) in [6, 6.07) is 11.9. The third-order valence-corrected chi connectivity index (χ3v) is 5.69. The number of anilines is 1. The predicted molar refractivity (Wildman–Crippen MR) is 105 cm³/mol. The van der Waals surface area contributed by atoms with Gasteiger partial charge in [-0.1, -0.05) is 31.2 Å². The van der Waals surface area contributed by atoms with Crippen molar-refractivity contribution in [3.63, 3.8) is 0 Å². The molecule has 0 unspecified atom stereocenters.